The number of nitrogens with zero attached hydrogens (tertiary/aromatic N) is 3. The van der Waals surface area contributed by atoms with E-state index < -0.39 is 19.9 Å². The van der Waals surface area contributed by atoms with Crippen molar-refractivity contribution in [2.24, 2.45) is 0 Å². The molecule has 3 aromatic rings. The van der Waals surface area contributed by atoms with Crippen molar-refractivity contribution in [3.05, 3.63) is 98.6 Å². The number of nitro benzene ring substituents is 2. The standard InChI is InChI=1S/C23H23N3O8S/c1-18-10-12-19(13-11-18)35(31,32)24(14-16-33-22-8-4-2-6-20(22)25(27)28)15-17-34-23-9-5-3-7-21(23)26(29)30/h2-13H,14-17H2,1H3. The Labute approximate surface area is 201 Å². The highest BCUT2D eigenvalue weighted by Gasteiger charge is 2.25. The van der Waals surface area contributed by atoms with Crippen LogP contribution in [-0.2, 0) is 10.0 Å². The fraction of sp³-hybridized carbons (Fsp3) is 0.217. The molecule has 35 heavy (non-hydrogen) atoms. The number of hydrogen-bond donors (Lipinski definition) is 0. The summed E-state index contributed by atoms with van der Waals surface area (Å²) in [6, 6.07) is 17.9. The zero-order valence-electron chi connectivity index (χ0n) is 18.8. The second-order valence-corrected chi connectivity index (χ2v) is 9.30. The first-order chi connectivity index (χ1) is 16.7. The van der Waals surface area contributed by atoms with Crippen molar-refractivity contribution >= 4 is 21.4 Å². The molecule has 0 N–H and O–H groups in total. The first kappa shape index (κ1) is 25.6. The Morgan fingerprint density at radius 3 is 1.60 bits per heavy atom. The van der Waals surface area contributed by atoms with Crippen LogP contribution in [0, 0.1) is 27.2 Å². The lowest BCUT2D eigenvalue weighted by atomic mass is 10.2. The lowest BCUT2D eigenvalue weighted by Gasteiger charge is -2.22. The van der Waals surface area contributed by atoms with Gasteiger partial charge in [0.05, 0.1) is 14.7 Å². The van der Waals surface area contributed by atoms with Crippen LogP contribution in [0.25, 0.3) is 0 Å². The minimum Gasteiger partial charge on any atom is -0.485 e. The van der Waals surface area contributed by atoms with Crippen LogP contribution in [0.2, 0.25) is 0 Å². The molecular formula is C23H23N3O8S. The Morgan fingerprint density at radius 1 is 0.743 bits per heavy atom. The van der Waals surface area contributed by atoms with Gasteiger partial charge in [-0.15, -0.1) is 0 Å². The molecule has 0 atom stereocenters. The minimum absolute atomic E-state index is 0.0151. The van der Waals surface area contributed by atoms with Crippen molar-refractivity contribution in [2.75, 3.05) is 26.3 Å². The molecule has 0 aliphatic heterocycles. The van der Waals surface area contributed by atoms with Crippen molar-refractivity contribution in [3.63, 3.8) is 0 Å². The lowest BCUT2D eigenvalue weighted by molar-refractivity contribution is -0.386. The van der Waals surface area contributed by atoms with Gasteiger partial charge in [-0.3, -0.25) is 20.2 Å². The predicted octanol–water partition coefficient (Wildman–Crippen LogP) is 3.96. The second kappa shape index (κ2) is 11.4. The van der Waals surface area contributed by atoms with E-state index in [1.54, 1.807) is 24.3 Å². The normalized spacial score (nSPS) is 11.3. The zero-order chi connectivity index (χ0) is 25.4. The largest absolute Gasteiger partial charge is 0.485 e. The molecule has 0 heterocycles. The molecule has 0 amide bonds. The molecule has 0 unspecified atom stereocenters. The minimum atomic E-state index is -3.97. The number of aryl methyl sites for hydroxylation is 1. The smallest absolute Gasteiger partial charge is 0.310 e. The van der Waals surface area contributed by atoms with Crippen LogP contribution in [0.1, 0.15) is 5.56 Å². The molecule has 0 spiro atoms. The van der Waals surface area contributed by atoms with Gasteiger partial charge < -0.3 is 9.47 Å². The Balaban J connectivity index is 1.76. The van der Waals surface area contributed by atoms with Crippen LogP contribution in [0.4, 0.5) is 11.4 Å². The van der Waals surface area contributed by atoms with Crippen LogP contribution in [0.3, 0.4) is 0 Å². The predicted molar refractivity (Wildman–Crippen MR) is 127 cm³/mol. The number of rotatable bonds is 12. The maximum Gasteiger partial charge on any atom is 0.310 e. The van der Waals surface area contributed by atoms with E-state index in [9.17, 15) is 28.6 Å². The SMILES string of the molecule is Cc1ccc(S(=O)(=O)N(CCOc2ccccc2[N+](=O)[O-])CCOc2ccccc2[N+](=O)[O-])cc1. The highest BCUT2D eigenvalue weighted by Crippen LogP contribution is 2.27. The van der Waals surface area contributed by atoms with E-state index in [0.29, 0.717) is 0 Å². The van der Waals surface area contributed by atoms with Gasteiger partial charge in [-0.1, -0.05) is 42.0 Å². The summed E-state index contributed by atoms with van der Waals surface area (Å²) in [6.07, 6.45) is 0. The maximum atomic E-state index is 13.3. The third-order valence-corrected chi connectivity index (χ3v) is 6.89. The molecule has 0 radical (unpaired) electrons. The van der Waals surface area contributed by atoms with E-state index in [0.717, 1.165) is 9.87 Å². The molecule has 11 nitrogen and oxygen atoms in total. The summed E-state index contributed by atoms with van der Waals surface area (Å²) < 4.78 is 38.7. The van der Waals surface area contributed by atoms with E-state index in [4.69, 9.17) is 9.47 Å². The monoisotopic (exact) mass is 501 g/mol. The molecule has 0 aliphatic carbocycles. The summed E-state index contributed by atoms with van der Waals surface area (Å²) in [5, 5.41) is 22.4. The van der Waals surface area contributed by atoms with Crippen molar-refractivity contribution in [2.45, 2.75) is 11.8 Å². The van der Waals surface area contributed by atoms with E-state index in [1.165, 1.54) is 48.5 Å². The first-order valence-corrected chi connectivity index (χ1v) is 11.9. The van der Waals surface area contributed by atoms with E-state index in [-0.39, 0.29) is 54.1 Å². The van der Waals surface area contributed by atoms with Gasteiger partial charge in [-0.05, 0) is 31.2 Å². The van der Waals surface area contributed by atoms with Crippen LogP contribution < -0.4 is 9.47 Å². The van der Waals surface area contributed by atoms with Crippen LogP contribution in [0.15, 0.2) is 77.7 Å². The van der Waals surface area contributed by atoms with Crippen LogP contribution >= 0.6 is 0 Å². The van der Waals surface area contributed by atoms with Gasteiger partial charge in [0.15, 0.2) is 11.5 Å². The molecule has 0 aliphatic rings. The van der Waals surface area contributed by atoms with Crippen LogP contribution in [-0.4, -0.2) is 48.9 Å². The molecule has 0 aromatic heterocycles. The summed E-state index contributed by atoms with van der Waals surface area (Å²) in [5.41, 5.74) is 0.412. The molecule has 0 saturated heterocycles. The number of benzene rings is 3. The quantitative estimate of drug-likeness (QED) is 0.268. The number of sulfonamides is 1. The topological polar surface area (TPSA) is 142 Å². The molecule has 3 rings (SSSR count). The van der Waals surface area contributed by atoms with Gasteiger partial charge in [-0.2, -0.15) is 4.31 Å². The zero-order valence-corrected chi connectivity index (χ0v) is 19.6. The van der Waals surface area contributed by atoms with Crippen molar-refractivity contribution in [1.29, 1.82) is 0 Å². The Morgan fingerprint density at radius 2 is 1.17 bits per heavy atom. The third-order valence-electron chi connectivity index (χ3n) is 4.98. The Hall–Kier alpha value is -4.03. The summed E-state index contributed by atoms with van der Waals surface area (Å²) in [4.78, 5) is 21.3. The summed E-state index contributed by atoms with van der Waals surface area (Å²) in [6.45, 7) is 1.23. The van der Waals surface area contributed by atoms with Gasteiger partial charge in [0.25, 0.3) is 0 Å². The fourth-order valence-corrected chi connectivity index (χ4v) is 4.59. The van der Waals surface area contributed by atoms with Gasteiger partial charge in [0.2, 0.25) is 10.0 Å². The fourth-order valence-electron chi connectivity index (χ4n) is 3.19. The van der Waals surface area contributed by atoms with Gasteiger partial charge in [-0.25, -0.2) is 8.42 Å². The second-order valence-electron chi connectivity index (χ2n) is 7.36. The van der Waals surface area contributed by atoms with E-state index in [1.807, 2.05) is 6.92 Å². The summed E-state index contributed by atoms with van der Waals surface area (Å²) in [5.74, 6) is 0.0303. The third kappa shape index (κ3) is 6.52. The number of nitro groups is 2. The number of para-hydroxylation sites is 4. The number of ether oxygens (including phenoxy) is 2. The summed E-state index contributed by atoms with van der Waals surface area (Å²) >= 11 is 0. The highest BCUT2D eigenvalue weighted by atomic mass is 32.2. The maximum absolute atomic E-state index is 13.3. The molecular weight excluding hydrogens is 478 g/mol. The molecule has 0 saturated carbocycles. The summed E-state index contributed by atoms with van der Waals surface area (Å²) in [7, 11) is -3.97. The van der Waals surface area contributed by atoms with Crippen molar-refractivity contribution in [1.82, 2.24) is 4.31 Å². The average Bonchev–Trinajstić information content (AvgIpc) is 2.83. The van der Waals surface area contributed by atoms with Crippen LogP contribution in [0.5, 0.6) is 11.5 Å². The molecule has 0 bridgehead atoms. The highest BCUT2D eigenvalue weighted by molar-refractivity contribution is 7.89. The van der Waals surface area contributed by atoms with E-state index in [2.05, 4.69) is 0 Å². The molecule has 3 aromatic carbocycles. The lowest BCUT2D eigenvalue weighted by Crippen LogP contribution is -2.37. The number of hydrogen-bond acceptors (Lipinski definition) is 8. The molecule has 0 fully saturated rings. The van der Waals surface area contributed by atoms with Gasteiger partial charge in [0.1, 0.15) is 13.2 Å². The van der Waals surface area contributed by atoms with Gasteiger partial charge >= 0.3 is 11.4 Å². The van der Waals surface area contributed by atoms with Crippen molar-refractivity contribution in [3.8, 4) is 11.5 Å². The Kier molecular flexibility index (Phi) is 8.34. The van der Waals surface area contributed by atoms with E-state index >= 15 is 0 Å². The molecule has 184 valence electrons. The Bertz CT molecular complexity index is 1230. The van der Waals surface area contributed by atoms with Crippen molar-refractivity contribution < 1.29 is 27.7 Å². The molecule has 12 heteroatoms. The average molecular weight is 502 g/mol. The van der Waals surface area contributed by atoms with Gasteiger partial charge in [0, 0.05) is 25.2 Å². The first-order valence-electron chi connectivity index (χ1n) is 10.5.